The molecular formula is C15H28N2O. The third-order valence-electron chi connectivity index (χ3n) is 4.88. The van der Waals surface area contributed by atoms with Gasteiger partial charge >= 0.3 is 0 Å². The Hall–Kier alpha value is -0.570. The van der Waals surface area contributed by atoms with Crippen LogP contribution < -0.4 is 5.32 Å². The Labute approximate surface area is 111 Å². The zero-order chi connectivity index (χ0) is 13.1. The molecule has 0 saturated carbocycles. The van der Waals surface area contributed by atoms with Crippen LogP contribution in [0.3, 0.4) is 0 Å². The van der Waals surface area contributed by atoms with Gasteiger partial charge < -0.3 is 10.2 Å². The van der Waals surface area contributed by atoms with E-state index >= 15 is 0 Å². The van der Waals surface area contributed by atoms with Gasteiger partial charge in [0.25, 0.3) is 0 Å². The van der Waals surface area contributed by atoms with Crippen LogP contribution in [0, 0.1) is 11.8 Å². The molecule has 3 nitrogen and oxygen atoms in total. The summed E-state index contributed by atoms with van der Waals surface area (Å²) in [6.45, 7) is 8.88. The zero-order valence-corrected chi connectivity index (χ0v) is 12.1. The predicted octanol–water partition coefficient (Wildman–Crippen LogP) is 2.41. The maximum atomic E-state index is 12.4. The molecule has 0 aromatic rings. The normalized spacial score (nSPS) is 34.6. The van der Waals surface area contributed by atoms with Crippen molar-refractivity contribution in [2.24, 2.45) is 11.8 Å². The topological polar surface area (TPSA) is 32.3 Å². The first kappa shape index (κ1) is 13.9. The molecular weight excluding hydrogens is 224 g/mol. The van der Waals surface area contributed by atoms with Crippen LogP contribution in [0.25, 0.3) is 0 Å². The van der Waals surface area contributed by atoms with E-state index in [2.05, 4.69) is 31.0 Å². The van der Waals surface area contributed by atoms with E-state index in [1.807, 2.05) is 0 Å². The van der Waals surface area contributed by atoms with E-state index in [9.17, 15) is 4.79 Å². The number of nitrogens with zero attached hydrogens (tertiary/aromatic N) is 1. The van der Waals surface area contributed by atoms with Gasteiger partial charge in [0.15, 0.2) is 0 Å². The number of nitrogens with one attached hydrogen (secondary N) is 1. The minimum Gasteiger partial charge on any atom is -0.337 e. The van der Waals surface area contributed by atoms with E-state index in [4.69, 9.17) is 0 Å². The Balaban J connectivity index is 1.86. The lowest BCUT2D eigenvalue weighted by Crippen LogP contribution is -2.41. The first-order chi connectivity index (χ1) is 8.59. The molecule has 0 bridgehead atoms. The summed E-state index contributed by atoms with van der Waals surface area (Å²) in [5.41, 5.74) is 0. The largest absolute Gasteiger partial charge is 0.337 e. The van der Waals surface area contributed by atoms with Gasteiger partial charge in [0.05, 0.1) is 0 Å². The minimum atomic E-state index is 0.380. The highest BCUT2D eigenvalue weighted by molar-refractivity contribution is 5.77. The summed E-state index contributed by atoms with van der Waals surface area (Å²) in [6.07, 6.45) is 5.63. The Morgan fingerprint density at radius 3 is 2.50 bits per heavy atom. The van der Waals surface area contributed by atoms with Gasteiger partial charge in [-0.05, 0) is 64.5 Å². The molecule has 0 aliphatic carbocycles. The lowest BCUT2D eigenvalue weighted by Gasteiger charge is -2.31. The van der Waals surface area contributed by atoms with Crippen molar-refractivity contribution in [3.8, 4) is 0 Å². The second-order valence-electron chi connectivity index (χ2n) is 6.36. The van der Waals surface area contributed by atoms with Crippen LogP contribution in [0.15, 0.2) is 0 Å². The summed E-state index contributed by atoms with van der Waals surface area (Å²) in [5, 5.41) is 3.45. The van der Waals surface area contributed by atoms with Crippen molar-refractivity contribution >= 4 is 5.91 Å². The van der Waals surface area contributed by atoms with Crippen molar-refractivity contribution in [2.75, 3.05) is 13.1 Å². The van der Waals surface area contributed by atoms with Gasteiger partial charge in [0.2, 0.25) is 5.91 Å². The summed E-state index contributed by atoms with van der Waals surface area (Å²) < 4.78 is 0. The van der Waals surface area contributed by atoms with Gasteiger partial charge in [-0.1, -0.05) is 6.92 Å². The molecule has 0 aromatic heterocycles. The lowest BCUT2D eigenvalue weighted by atomic mass is 9.85. The van der Waals surface area contributed by atoms with Crippen LogP contribution in [0.2, 0.25) is 0 Å². The number of rotatable bonds is 3. The second kappa shape index (κ2) is 6.05. The van der Waals surface area contributed by atoms with Crippen molar-refractivity contribution < 1.29 is 4.79 Å². The fourth-order valence-electron chi connectivity index (χ4n) is 3.60. The van der Waals surface area contributed by atoms with Crippen LogP contribution in [0.5, 0.6) is 0 Å². The van der Waals surface area contributed by atoms with Gasteiger partial charge in [0.1, 0.15) is 0 Å². The lowest BCUT2D eigenvalue weighted by molar-refractivity contribution is -0.134. The maximum absolute atomic E-state index is 12.4. The third-order valence-corrected chi connectivity index (χ3v) is 4.88. The van der Waals surface area contributed by atoms with E-state index in [0.717, 1.165) is 19.5 Å². The molecule has 0 radical (unpaired) electrons. The summed E-state index contributed by atoms with van der Waals surface area (Å²) in [4.78, 5) is 14.6. The molecule has 2 heterocycles. The molecule has 0 spiro atoms. The smallest absolute Gasteiger partial charge is 0.223 e. The Bertz CT molecular complexity index is 276. The van der Waals surface area contributed by atoms with Gasteiger partial charge in [-0.2, -0.15) is 0 Å². The highest BCUT2D eigenvalue weighted by Gasteiger charge is 2.32. The van der Waals surface area contributed by atoms with Gasteiger partial charge in [-0.3, -0.25) is 4.79 Å². The Morgan fingerprint density at radius 1 is 1.28 bits per heavy atom. The van der Waals surface area contributed by atoms with Crippen LogP contribution in [0.1, 0.15) is 52.9 Å². The number of hydrogen-bond donors (Lipinski definition) is 1. The molecule has 4 unspecified atom stereocenters. The molecule has 1 amide bonds. The van der Waals surface area contributed by atoms with Crippen LogP contribution in [0.4, 0.5) is 0 Å². The Morgan fingerprint density at radius 2 is 1.94 bits per heavy atom. The standard InChI is InChI=1S/C15H28N2O/c1-11(14-5-4-8-16-10-14)9-15(18)17-12(2)6-7-13(17)3/h11-14,16H,4-10H2,1-3H3. The highest BCUT2D eigenvalue weighted by atomic mass is 16.2. The van der Waals surface area contributed by atoms with Crippen molar-refractivity contribution in [3.05, 3.63) is 0 Å². The first-order valence-electron chi connectivity index (χ1n) is 7.61. The quantitative estimate of drug-likeness (QED) is 0.836. The predicted molar refractivity (Wildman–Crippen MR) is 74.4 cm³/mol. The van der Waals surface area contributed by atoms with Gasteiger partial charge in [-0.15, -0.1) is 0 Å². The van der Waals surface area contributed by atoms with E-state index in [1.165, 1.54) is 25.7 Å². The average molecular weight is 252 g/mol. The molecule has 2 rings (SSSR count). The number of amides is 1. The number of carbonyl (C=O) groups excluding carboxylic acids is 1. The molecule has 3 heteroatoms. The van der Waals surface area contributed by atoms with Crippen molar-refractivity contribution in [1.29, 1.82) is 0 Å². The number of carbonyl (C=O) groups is 1. The maximum Gasteiger partial charge on any atom is 0.223 e. The molecule has 2 saturated heterocycles. The minimum absolute atomic E-state index is 0.380. The van der Waals surface area contributed by atoms with Gasteiger partial charge in [0, 0.05) is 18.5 Å². The fraction of sp³-hybridized carbons (Fsp3) is 0.933. The van der Waals surface area contributed by atoms with Crippen LogP contribution in [-0.2, 0) is 4.79 Å². The molecule has 18 heavy (non-hydrogen) atoms. The van der Waals surface area contributed by atoms with Crippen LogP contribution in [-0.4, -0.2) is 36.0 Å². The molecule has 0 aromatic carbocycles. The molecule has 2 aliphatic heterocycles. The Kier molecular flexibility index (Phi) is 4.66. The molecule has 1 N–H and O–H groups in total. The van der Waals surface area contributed by atoms with E-state index < -0.39 is 0 Å². The van der Waals surface area contributed by atoms with Crippen LogP contribution >= 0.6 is 0 Å². The fourth-order valence-corrected chi connectivity index (χ4v) is 3.60. The van der Waals surface area contributed by atoms with E-state index in [-0.39, 0.29) is 0 Å². The zero-order valence-electron chi connectivity index (χ0n) is 12.1. The molecule has 104 valence electrons. The summed E-state index contributed by atoms with van der Waals surface area (Å²) >= 11 is 0. The summed E-state index contributed by atoms with van der Waals surface area (Å²) in [7, 11) is 0. The number of piperidine rings is 1. The van der Waals surface area contributed by atoms with Gasteiger partial charge in [-0.25, -0.2) is 0 Å². The molecule has 2 fully saturated rings. The highest BCUT2D eigenvalue weighted by Crippen LogP contribution is 2.28. The summed E-state index contributed by atoms with van der Waals surface area (Å²) in [6, 6.07) is 0.897. The molecule has 4 atom stereocenters. The van der Waals surface area contributed by atoms with Crippen molar-refractivity contribution in [2.45, 2.75) is 65.0 Å². The van der Waals surface area contributed by atoms with E-state index in [1.54, 1.807) is 0 Å². The number of likely N-dealkylation sites (tertiary alicyclic amines) is 1. The second-order valence-corrected chi connectivity index (χ2v) is 6.36. The van der Waals surface area contributed by atoms with E-state index in [0.29, 0.717) is 29.8 Å². The molecule has 2 aliphatic rings. The third kappa shape index (κ3) is 3.05. The average Bonchev–Trinajstić information content (AvgIpc) is 2.70. The number of hydrogen-bond acceptors (Lipinski definition) is 2. The summed E-state index contributed by atoms with van der Waals surface area (Å²) in [5.74, 6) is 1.59. The monoisotopic (exact) mass is 252 g/mol. The SMILES string of the molecule is CC(CC(=O)N1C(C)CCC1C)C1CCCNC1. The van der Waals surface area contributed by atoms with Crippen molar-refractivity contribution in [3.63, 3.8) is 0 Å². The van der Waals surface area contributed by atoms with Crippen molar-refractivity contribution in [1.82, 2.24) is 10.2 Å². The first-order valence-corrected chi connectivity index (χ1v) is 7.61.